The van der Waals surface area contributed by atoms with E-state index in [4.69, 9.17) is 10.5 Å². The number of rotatable bonds is 3. The second kappa shape index (κ2) is 6.91. The van der Waals surface area contributed by atoms with Crippen LogP contribution in [0.1, 0.15) is 23.3 Å². The van der Waals surface area contributed by atoms with Gasteiger partial charge in [-0.25, -0.2) is 4.98 Å². The summed E-state index contributed by atoms with van der Waals surface area (Å²) < 4.78 is 5.29. The number of carbonyl (C=O) groups is 2. The first-order valence-corrected chi connectivity index (χ1v) is 7.88. The van der Waals surface area contributed by atoms with Crippen molar-refractivity contribution in [2.24, 2.45) is 11.7 Å². The summed E-state index contributed by atoms with van der Waals surface area (Å²) in [6.45, 7) is 4.06. The summed E-state index contributed by atoms with van der Waals surface area (Å²) >= 11 is 0. The second-order valence-electron chi connectivity index (χ2n) is 5.83. The van der Waals surface area contributed by atoms with E-state index in [0.717, 1.165) is 25.9 Å². The molecule has 8 heteroatoms. The number of nitrogens with zero attached hydrogens (tertiary/aromatic N) is 4. The highest BCUT2D eigenvalue weighted by Gasteiger charge is 2.29. The van der Waals surface area contributed by atoms with Crippen molar-refractivity contribution >= 4 is 17.6 Å². The zero-order chi connectivity index (χ0) is 16.2. The van der Waals surface area contributed by atoms with Crippen molar-refractivity contribution in [3.05, 3.63) is 18.1 Å². The Kier molecular flexibility index (Phi) is 4.71. The molecule has 2 aliphatic heterocycles. The van der Waals surface area contributed by atoms with Crippen LogP contribution in [-0.2, 0) is 9.53 Å². The highest BCUT2D eigenvalue weighted by molar-refractivity contribution is 5.90. The van der Waals surface area contributed by atoms with Crippen LogP contribution in [0, 0.1) is 5.92 Å². The number of aromatic nitrogens is 2. The maximum Gasteiger partial charge on any atom is 0.268 e. The molecule has 1 aromatic heterocycles. The lowest BCUT2D eigenvalue weighted by Crippen LogP contribution is -2.47. The monoisotopic (exact) mass is 319 g/mol. The van der Waals surface area contributed by atoms with Crippen molar-refractivity contribution < 1.29 is 14.3 Å². The minimum atomic E-state index is -0.586. The Morgan fingerprint density at radius 2 is 1.83 bits per heavy atom. The summed E-state index contributed by atoms with van der Waals surface area (Å²) in [5.41, 5.74) is 5.40. The van der Waals surface area contributed by atoms with Gasteiger partial charge in [0.15, 0.2) is 0 Å². The molecule has 3 rings (SSSR count). The van der Waals surface area contributed by atoms with Crippen molar-refractivity contribution in [2.45, 2.75) is 12.8 Å². The second-order valence-corrected chi connectivity index (χ2v) is 5.83. The maximum absolute atomic E-state index is 12.5. The Labute approximate surface area is 134 Å². The van der Waals surface area contributed by atoms with Crippen LogP contribution < -0.4 is 10.6 Å². The molecule has 2 aliphatic rings. The number of amides is 2. The van der Waals surface area contributed by atoms with Gasteiger partial charge in [-0.3, -0.25) is 14.6 Å². The number of nitrogens with two attached hydrogens (primary N) is 1. The van der Waals surface area contributed by atoms with Crippen LogP contribution in [0.4, 0.5) is 5.82 Å². The zero-order valence-electron chi connectivity index (χ0n) is 13.0. The molecule has 8 nitrogen and oxygen atoms in total. The Balaban J connectivity index is 1.58. The van der Waals surface area contributed by atoms with Gasteiger partial charge in [-0.1, -0.05) is 0 Å². The number of ether oxygens (including phenoxy) is 1. The van der Waals surface area contributed by atoms with E-state index in [2.05, 4.69) is 9.97 Å². The minimum absolute atomic E-state index is 0.0524. The van der Waals surface area contributed by atoms with Gasteiger partial charge < -0.3 is 20.3 Å². The number of morpholine rings is 1. The zero-order valence-corrected chi connectivity index (χ0v) is 13.0. The number of anilines is 1. The van der Waals surface area contributed by atoms with E-state index < -0.39 is 5.91 Å². The van der Waals surface area contributed by atoms with Gasteiger partial charge in [0.05, 0.1) is 25.6 Å². The molecule has 0 aliphatic carbocycles. The van der Waals surface area contributed by atoms with Crippen LogP contribution in [0.15, 0.2) is 12.4 Å². The molecule has 2 amide bonds. The van der Waals surface area contributed by atoms with Crippen molar-refractivity contribution in [3.8, 4) is 0 Å². The first kappa shape index (κ1) is 15.7. The van der Waals surface area contributed by atoms with Crippen molar-refractivity contribution in [3.63, 3.8) is 0 Å². The van der Waals surface area contributed by atoms with Gasteiger partial charge in [0.1, 0.15) is 11.5 Å². The number of piperidine rings is 1. The lowest BCUT2D eigenvalue weighted by Gasteiger charge is -2.35. The summed E-state index contributed by atoms with van der Waals surface area (Å²) in [5.74, 6) is 0.330. The molecular formula is C15H21N5O3. The molecule has 0 radical (unpaired) electrons. The first-order valence-electron chi connectivity index (χ1n) is 7.88. The van der Waals surface area contributed by atoms with E-state index >= 15 is 0 Å². The lowest BCUT2D eigenvalue weighted by molar-refractivity contribution is -0.140. The molecule has 0 unspecified atom stereocenters. The molecule has 1 aromatic rings. The van der Waals surface area contributed by atoms with Gasteiger partial charge in [0.25, 0.3) is 5.91 Å². The van der Waals surface area contributed by atoms with Gasteiger partial charge in [-0.05, 0) is 12.8 Å². The summed E-state index contributed by atoms with van der Waals surface area (Å²) in [6, 6.07) is 0. The highest BCUT2D eigenvalue weighted by atomic mass is 16.5. The molecule has 3 heterocycles. The average molecular weight is 319 g/mol. The van der Waals surface area contributed by atoms with Crippen LogP contribution in [0.5, 0.6) is 0 Å². The normalized spacial score (nSPS) is 19.7. The molecule has 2 fully saturated rings. The predicted molar refractivity (Wildman–Crippen MR) is 82.9 cm³/mol. The summed E-state index contributed by atoms with van der Waals surface area (Å²) in [5, 5.41) is 0. The molecule has 23 heavy (non-hydrogen) atoms. The predicted octanol–water partition coefficient (Wildman–Crippen LogP) is -0.349. The fourth-order valence-corrected chi connectivity index (χ4v) is 3.02. The molecule has 2 N–H and O–H groups in total. The fourth-order valence-electron chi connectivity index (χ4n) is 3.02. The van der Waals surface area contributed by atoms with E-state index in [-0.39, 0.29) is 17.5 Å². The molecule has 0 aromatic carbocycles. The summed E-state index contributed by atoms with van der Waals surface area (Å²) in [6.07, 6.45) is 4.54. The Bertz CT molecular complexity index is 580. The Hall–Kier alpha value is -2.22. The van der Waals surface area contributed by atoms with Crippen LogP contribution in [0.3, 0.4) is 0 Å². The van der Waals surface area contributed by atoms with Crippen molar-refractivity contribution in [2.75, 3.05) is 44.3 Å². The third kappa shape index (κ3) is 3.58. The van der Waals surface area contributed by atoms with E-state index in [9.17, 15) is 9.59 Å². The number of primary amides is 1. The number of carbonyl (C=O) groups excluding carboxylic acids is 2. The molecule has 2 saturated heterocycles. The van der Waals surface area contributed by atoms with Crippen LogP contribution in [0.25, 0.3) is 0 Å². The minimum Gasteiger partial charge on any atom is -0.378 e. The molecule has 124 valence electrons. The van der Waals surface area contributed by atoms with E-state index in [1.165, 1.54) is 6.20 Å². The van der Waals surface area contributed by atoms with E-state index in [0.29, 0.717) is 32.1 Å². The lowest BCUT2D eigenvalue weighted by atomic mass is 9.95. The molecule has 0 atom stereocenters. The Morgan fingerprint density at radius 1 is 1.13 bits per heavy atom. The van der Waals surface area contributed by atoms with E-state index in [1.807, 2.05) is 9.80 Å². The SMILES string of the molecule is NC(=O)c1cncc(N2CCC(C(=O)N3CCOCC3)CC2)n1. The fraction of sp³-hybridized carbons (Fsp3) is 0.600. The highest BCUT2D eigenvalue weighted by Crippen LogP contribution is 2.23. The van der Waals surface area contributed by atoms with Gasteiger partial charge >= 0.3 is 0 Å². The molecule has 0 spiro atoms. The van der Waals surface area contributed by atoms with Crippen LogP contribution in [-0.4, -0.2) is 66.1 Å². The van der Waals surface area contributed by atoms with Crippen LogP contribution in [0.2, 0.25) is 0 Å². The summed E-state index contributed by atoms with van der Waals surface area (Å²) in [7, 11) is 0. The summed E-state index contributed by atoms with van der Waals surface area (Å²) in [4.78, 5) is 35.9. The van der Waals surface area contributed by atoms with Crippen molar-refractivity contribution in [1.29, 1.82) is 0 Å². The smallest absolute Gasteiger partial charge is 0.268 e. The Morgan fingerprint density at radius 3 is 2.48 bits per heavy atom. The third-order valence-electron chi connectivity index (χ3n) is 4.37. The van der Waals surface area contributed by atoms with Gasteiger partial charge in [-0.2, -0.15) is 0 Å². The number of hydrogen-bond donors (Lipinski definition) is 1. The maximum atomic E-state index is 12.5. The standard InChI is InChI=1S/C15H21N5O3/c16-14(21)12-9-17-10-13(18-12)19-3-1-11(2-4-19)15(22)20-5-7-23-8-6-20/h9-11H,1-8H2,(H2,16,21). The third-order valence-corrected chi connectivity index (χ3v) is 4.37. The quantitative estimate of drug-likeness (QED) is 0.817. The first-order chi connectivity index (χ1) is 11.1. The topological polar surface area (TPSA) is 102 Å². The van der Waals surface area contributed by atoms with Gasteiger partial charge in [0.2, 0.25) is 5.91 Å². The average Bonchev–Trinajstić information content (AvgIpc) is 2.62. The van der Waals surface area contributed by atoms with Gasteiger partial charge in [-0.15, -0.1) is 0 Å². The van der Waals surface area contributed by atoms with Crippen LogP contribution >= 0.6 is 0 Å². The molecular weight excluding hydrogens is 298 g/mol. The number of hydrogen-bond acceptors (Lipinski definition) is 6. The van der Waals surface area contributed by atoms with Gasteiger partial charge in [0, 0.05) is 32.1 Å². The molecule has 0 saturated carbocycles. The molecule has 0 bridgehead atoms. The van der Waals surface area contributed by atoms with Crippen molar-refractivity contribution in [1.82, 2.24) is 14.9 Å². The van der Waals surface area contributed by atoms with E-state index in [1.54, 1.807) is 6.20 Å². The largest absolute Gasteiger partial charge is 0.378 e.